The minimum absolute atomic E-state index is 0.0467. The number of halogens is 1. The van der Waals surface area contributed by atoms with Crippen molar-refractivity contribution in [1.29, 1.82) is 0 Å². The lowest BCUT2D eigenvalue weighted by Gasteiger charge is -2.37. The van der Waals surface area contributed by atoms with Crippen LogP contribution in [-0.4, -0.2) is 40.7 Å². The third-order valence-corrected chi connectivity index (χ3v) is 7.70. The lowest BCUT2D eigenvalue weighted by atomic mass is 10.1. The zero-order valence-corrected chi connectivity index (χ0v) is 19.8. The van der Waals surface area contributed by atoms with Crippen LogP contribution < -0.4 is 19.7 Å². The number of hydrogen-bond donors (Lipinski definition) is 2. The molecule has 2 atom stereocenters. The molecule has 0 unspecified atom stereocenters. The standard InChI is InChI=1S/C23H26FN3O3S2/c1-15-13-27(14-16(2)25-15)18-7-8-19(24)20(12-18)26-32(28,29)23-9-6-17(11-21(23)30-3)22-5-4-10-31-22/h4-12,15-16,25-26H,13-14H2,1-3H3/t15-,16+. The number of ether oxygens (including phenoxy) is 1. The van der Waals surface area contributed by atoms with E-state index in [4.69, 9.17) is 4.74 Å². The van der Waals surface area contributed by atoms with Gasteiger partial charge in [-0.15, -0.1) is 11.3 Å². The maximum Gasteiger partial charge on any atom is 0.265 e. The number of nitrogens with one attached hydrogen (secondary N) is 2. The van der Waals surface area contributed by atoms with Crippen LogP contribution in [0.1, 0.15) is 13.8 Å². The second-order valence-electron chi connectivity index (χ2n) is 7.99. The number of piperazine rings is 1. The topological polar surface area (TPSA) is 70.7 Å². The summed E-state index contributed by atoms with van der Waals surface area (Å²) in [6.07, 6.45) is 0. The van der Waals surface area contributed by atoms with E-state index in [1.807, 2.05) is 17.5 Å². The van der Waals surface area contributed by atoms with E-state index >= 15 is 0 Å². The first-order valence-electron chi connectivity index (χ1n) is 10.3. The number of methoxy groups -OCH3 is 1. The van der Waals surface area contributed by atoms with E-state index in [1.165, 1.54) is 19.2 Å². The highest BCUT2D eigenvalue weighted by Gasteiger charge is 2.24. The lowest BCUT2D eigenvalue weighted by Crippen LogP contribution is -2.54. The van der Waals surface area contributed by atoms with Crippen LogP contribution in [0.5, 0.6) is 5.75 Å². The molecule has 2 aromatic carbocycles. The number of thiophene rings is 1. The molecule has 6 nitrogen and oxygen atoms in total. The summed E-state index contributed by atoms with van der Waals surface area (Å²) < 4.78 is 48.6. The van der Waals surface area contributed by atoms with Gasteiger partial charge in [0, 0.05) is 35.7 Å². The van der Waals surface area contributed by atoms with Crippen LogP contribution in [-0.2, 0) is 10.0 Å². The highest BCUT2D eigenvalue weighted by Crippen LogP contribution is 2.34. The number of sulfonamides is 1. The van der Waals surface area contributed by atoms with Gasteiger partial charge in [-0.25, -0.2) is 12.8 Å². The molecule has 1 fully saturated rings. The summed E-state index contributed by atoms with van der Waals surface area (Å²) in [5.74, 6) is -0.438. The zero-order chi connectivity index (χ0) is 22.9. The van der Waals surface area contributed by atoms with E-state index in [1.54, 1.807) is 35.6 Å². The fourth-order valence-corrected chi connectivity index (χ4v) is 5.95. The molecule has 170 valence electrons. The third-order valence-electron chi connectivity index (χ3n) is 5.38. The predicted molar refractivity (Wildman–Crippen MR) is 128 cm³/mol. The quantitative estimate of drug-likeness (QED) is 0.547. The molecule has 32 heavy (non-hydrogen) atoms. The Morgan fingerprint density at radius 2 is 1.88 bits per heavy atom. The van der Waals surface area contributed by atoms with Gasteiger partial charge in [-0.1, -0.05) is 12.1 Å². The molecular formula is C23H26FN3O3S2. The van der Waals surface area contributed by atoms with E-state index in [2.05, 4.69) is 28.8 Å². The molecule has 1 aliphatic heterocycles. The van der Waals surface area contributed by atoms with Gasteiger partial charge in [0.15, 0.2) is 0 Å². The summed E-state index contributed by atoms with van der Waals surface area (Å²) in [5.41, 5.74) is 1.53. The average molecular weight is 476 g/mol. The molecule has 0 aliphatic carbocycles. The smallest absolute Gasteiger partial charge is 0.265 e. The Bertz CT molecular complexity index is 1190. The minimum Gasteiger partial charge on any atom is -0.495 e. The summed E-state index contributed by atoms with van der Waals surface area (Å²) in [7, 11) is -2.66. The first-order chi connectivity index (χ1) is 15.3. The van der Waals surface area contributed by atoms with Crippen LogP contribution >= 0.6 is 11.3 Å². The minimum atomic E-state index is -4.08. The molecule has 3 aromatic rings. The molecule has 1 aliphatic rings. The summed E-state index contributed by atoms with van der Waals surface area (Å²) in [5, 5.41) is 5.40. The van der Waals surface area contributed by atoms with Gasteiger partial charge in [0.05, 0.1) is 12.8 Å². The van der Waals surface area contributed by atoms with E-state index in [-0.39, 0.29) is 28.4 Å². The Kier molecular flexibility index (Phi) is 6.41. The van der Waals surface area contributed by atoms with Crippen LogP contribution in [0.2, 0.25) is 0 Å². The highest BCUT2D eigenvalue weighted by atomic mass is 32.2. The monoisotopic (exact) mass is 475 g/mol. The number of hydrogen-bond acceptors (Lipinski definition) is 6. The fraction of sp³-hybridized carbons (Fsp3) is 0.304. The Hall–Kier alpha value is -2.62. The second-order valence-corrected chi connectivity index (χ2v) is 10.6. The Morgan fingerprint density at radius 3 is 2.53 bits per heavy atom. The SMILES string of the molecule is COc1cc(-c2cccs2)ccc1S(=O)(=O)Nc1cc(N2C[C@@H](C)N[C@@H](C)C2)ccc1F. The fourth-order valence-electron chi connectivity index (χ4n) is 4.01. The van der Waals surface area contributed by atoms with Crippen molar-refractivity contribution in [3.63, 3.8) is 0 Å². The van der Waals surface area contributed by atoms with Crippen LogP contribution in [0.4, 0.5) is 15.8 Å². The van der Waals surface area contributed by atoms with Crippen LogP contribution in [0.25, 0.3) is 10.4 Å². The first-order valence-corrected chi connectivity index (χ1v) is 12.7. The molecule has 0 bridgehead atoms. The summed E-state index contributed by atoms with van der Waals surface area (Å²) in [6.45, 7) is 5.67. The van der Waals surface area contributed by atoms with Crippen LogP contribution in [0.3, 0.4) is 0 Å². The molecule has 2 heterocycles. The van der Waals surface area contributed by atoms with Crippen LogP contribution in [0.15, 0.2) is 58.8 Å². The molecule has 0 amide bonds. The molecule has 1 aromatic heterocycles. The van der Waals surface area contributed by atoms with Gasteiger partial charge >= 0.3 is 0 Å². The van der Waals surface area contributed by atoms with Crippen molar-refractivity contribution in [3.05, 3.63) is 59.7 Å². The third kappa shape index (κ3) is 4.74. The molecule has 0 radical (unpaired) electrons. The average Bonchev–Trinajstić information content (AvgIpc) is 3.29. The number of rotatable bonds is 6. The van der Waals surface area contributed by atoms with E-state index in [0.717, 1.165) is 29.2 Å². The summed E-state index contributed by atoms with van der Waals surface area (Å²) in [6, 6.07) is 13.8. The van der Waals surface area contributed by atoms with Gasteiger partial charge in [0.25, 0.3) is 10.0 Å². The van der Waals surface area contributed by atoms with Gasteiger partial charge < -0.3 is 15.0 Å². The van der Waals surface area contributed by atoms with E-state index < -0.39 is 15.8 Å². The molecule has 9 heteroatoms. The predicted octanol–water partition coefficient (Wildman–Crippen LogP) is 4.55. The first kappa shape index (κ1) is 22.6. The number of anilines is 2. The Labute approximate surface area is 192 Å². The van der Waals surface area contributed by atoms with Gasteiger partial charge in [-0.05, 0) is 61.2 Å². The largest absolute Gasteiger partial charge is 0.495 e. The molecule has 1 saturated heterocycles. The maximum atomic E-state index is 14.6. The summed E-state index contributed by atoms with van der Waals surface area (Å²) >= 11 is 1.55. The maximum absolute atomic E-state index is 14.6. The van der Waals surface area contributed by atoms with E-state index in [0.29, 0.717) is 0 Å². The van der Waals surface area contributed by atoms with Crippen molar-refractivity contribution in [2.45, 2.75) is 30.8 Å². The molecule has 0 saturated carbocycles. The van der Waals surface area contributed by atoms with Crippen molar-refractivity contribution in [2.75, 3.05) is 29.8 Å². The highest BCUT2D eigenvalue weighted by molar-refractivity contribution is 7.92. The van der Waals surface area contributed by atoms with Crippen molar-refractivity contribution >= 4 is 32.7 Å². The zero-order valence-electron chi connectivity index (χ0n) is 18.1. The van der Waals surface area contributed by atoms with Crippen molar-refractivity contribution in [3.8, 4) is 16.2 Å². The summed E-state index contributed by atoms with van der Waals surface area (Å²) in [4.78, 5) is 3.08. The molecule has 0 spiro atoms. The van der Waals surface area contributed by atoms with Crippen molar-refractivity contribution in [1.82, 2.24) is 5.32 Å². The second kappa shape index (κ2) is 9.09. The van der Waals surface area contributed by atoms with Gasteiger partial charge in [0.2, 0.25) is 0 Å². The molecule has 4 rings (SSSR count). The molecule has 2 N–H and O–H groups in total. The van der Waals surface area contributed by atoms with Gasteiger partial charge in [0.1, 0.15) is 16.5 Å². The Morgan fingerprint density at radius 1 is 1.12 bits per heavy atom. The number of nitrogens with zero attached hydrogens (tertiary/aromatic N) is 1. The van der Waals surface area contributed by atoms with Crippen LogP contribution in [0, 0.1) is 5.82 Å². The number of benzene rings is 2. The lowest BCUT2D eigenvalue weighted by molar-refractivity contribution is 0.403. The molecular weight excluding hydrogens is 449 g/mol. The van der Waals surface area contributed by atoms with Gasteiger partial charge in [-0.3, -0.25) is 4.72 Å². The van der Waals surface area contributed by atoms with Gasteiger partial charge in [-0.2, -0.15) is 0 Å². The normalized spacial score (nSPS) is 19.1. The van der Waals surface area contributed by atoms with Crippen molar-refractivity contribution in [2.24, 2.45) is 0 Å². The Balaban J connectivity index is 1.63. The van der Waals surface area contributed by atoms with E-state index in [9.17, 15) is 12.8 Å². The van der Waals surface area contributed by atoms with Crippen molar-refractivity contribution < 1.29 is 17.5 Å².